The van der Waals surface area contributed by atoms with E-state index in [9.17, 15) is 4.79 Å². The Kier molecular flexibility index (Phi) is 4.30. The third-order valence-corrected chi connectivity index (χ3v) is 3.75. The molecule has 2 rings (SSSR count). The quantitative estimate of drug-likeness (QED) is 0.821. The number of anilines is 2. The van der Waals surface area contributed by atoms with Gasteiger partial charge in [0.15, 0.2) is 0 Å². The number of nitrogens with two attached hydrogens (primary N) is 1. The highest BCUT2D eigenvalue weighted by Gasteiger charge is 2.19. The zero-order valence-corrected chi connectivity index (χ0v) is 11.8. The summed E-state index contributed by atoms with van der Waals surface area (Å²) in [7, 11) is 3.85. The summed E-state index contributed by atoms with van der Waals surface area (Å²) in [5.74, 6) is -0.0481. The molecule has 1 fully saturated rings. The first kappa shape index (κ1) is 13.7. The highest BCUT2D eigenvalue weighted by molar-refractivity contribution is 6.02. The molecule has 0 aromatic heterocycles. The average Bonchev–Trinajstić information content (AvgIpc) is 2.39. The number of carbonyl (C=O) groups excluding carboxylic acids is 1. The maximum Gasteiger partial charge on any atom is 0.253 e. The first-order valence-corrected chi connectivity index (χ1v) is 6.96. The van der Waals surface area contributed by atoms with E-state index >= 15 is 0 Å². The molecule has 1 aromatic carbocycles. The van der Waals surface area contributed by atoms with Crippen LogP contribution in [0.5, 0.6) is 0 Å². The molecule has 0 heterocycles. The fraction of sp³-hybridized carbons (Fsp3) is 0.533. The number of nitrogens with one attached hydrogen (secondary N) is 1. The Morgan fingerprint density at radius 3 is 2.58 bits per heavy atom. The van der Waals surface area contributed by atoms with E-state index in [0.717, 1.165) is 18.5 Å². The van der Waals surface area contributed by atoms with Crippen LogP contribution in [0.4, 0.5) is 11.4 Å². The number of benzene rings is 1. The van der Waals surface area contributed by atoms with Crippen LogP contribution in [-0.2, 0) is 0 Å². The molecule has 0 atom stereocenters. The molecule has 4 nitrogen and oxygen atoms in total. The maximum absolute atomic E-state index is 12.3. The Balaban J connectivity index is 2.12. The van der Waals surface area contributed by atoms with Crippen LogP contribution in [0.25, 0.3) is 0 Å². The molecular formula is C15H23N3O. The van der Waals surface area contributed by atoms with E-state index in [0.29, 0.717) is 17.3 Å². The molecule has 3 N–H and O–H groups in total. The van der Waals surface area contributed by atoms with Gasteiger partial charge in [-0.3, -0.25) is 4.79 Å². The third-order valence-electron chi connectivity index (χ3n) is 3.75. The molecule has 19 heavy (non-hydrogen) atoms. The summed E-state index contributed by atoms with van der Waals surface area (Å²) in [6.07, 6.45) is 5.86. The molecule has 104 valence electrons. The Bertz CT molecular complexity index is 451. The Morgan fingerprint density at radius 1 is 1.26 bits per heavy atom. The van der Waals surface area contributed by atoms with E-state index in [4.69, 9.17) is 5.73 Å². The first-order valence-electron chi connectivity index (χ1n) is 6.96. The van der Waals surface area contributed by atoms with Crippen molar-refractivity contribution >= 4 is 17.3 Å². The second-order valence-electron chi connectivity index (χ2n) is 5.44. The Labute approximate surface area is 115 Å². The van der Waals surface area contributed by atoms with Crippen LogP contribution in [0.1, 0.15) is 42.5 Å². The topological polar surface area (TPSA) is 58.4 Å². The predicted octanol–water partition coefficient (Wildman–Crippen LogP) is 2.40. The molecule has 4 heteroatoms. The van der Waals surface area contributed by atoms with Gasteiger partial charge in [0.25, 0.3) is 5.91 Å². The summed E-state index contributed by atoms with van der Waals surface area (Å²) in [4.78, 5) is 14.2. The zero-order chi connectivity index (χ0) is 13.8. The van der Waals surface area contributed by atoms with Crippen molar-refractivity contribution in [3.8, 4) is 0 Å². The maximum atomic E-state index is 12.3. The molecule has 0 aliphatic heterocycles. The summed E-state index contributed by atoms with van der Waals surface area (Å²) in [5, 5.41) is 3.10. The fourth-order valence-electron chi connectivity index (χ4n) is 2.65. The molecule has 1 aliphatic carbocycles. The smallest absolute Gasteiger partial charge is 0.253 e. The van der Waals surface area contributed by atoms with Crippen molar-refractivity contribution in [2.45, 2.75) is 38.1 Å². The lowest BCUT2D eigenvalue weighted by molar-refractivity contribution is 0.0928. The lowest BCUT2D eigenvalue weighted by Gasteiger charge is -2.24. The van der Waals surface area contributed by atoms with Gasteiger partial charge in [-0.05, 0) is 25.0 Å². The highest BCUT2D eigenvalue weighted by atomic mass is 16.1. The highest BCUT2D eigenvalue weighted by Crippen LogP contribution is 2.25. The fourth-order valence-corrected chi connectivity index (χ4v) is 2.65. The standard InChI is InChI=1S/C15H23N3O/c1-18(2)13-10-6-9-12(14(13)16)15(19)17-11-7-4-3-5-8-11/h6,9-11H,3-5,7-8,16H2,1-2H3,(H,17,19). The predicted molar refractivity (Wildman–Crippen MR) is 79.5 cm³/mol. The molecule has 0 radical (unpaired) electrons. The summed E-state index contributed by atoms with van der Waals surface area (Å²) in [5.41, 5.74) is 8.11. The van der Waals surface area contributed by atoms with Crippen LogP contribution in [-0.4, -0.2) is 26.0 Å². The van der Waals surface area contributed by atoms with E-state index < -0.39 is 0 Å². The number of rotatable bonds is 3. The monoisotopic (exact) mass is 261 g/mol. The van der Waals surface area contributed by atoms with Gasteiger partial charge in [0.05, 0.1) is 16.9 Å². The molecule has 0 saturated heterocycles. The van der Waals surface area contributed by atoms with Crippen molar-refractivity contribution in [3.05, 3.63) is 23.8 Å². The molecule has 0 unspecified atom stereocenters. The van der Waals surface area contributed by atoms with Crippen molar-refractivity contribution in [2.24, 2.45) is 0 Å². The lowest BCUT2D eigenvalue weighted by atomic mass is 9.95. The number of nitrogens with zero attached hydrogens (tertiary/aromatic N) is 1. The van der Waals surface area contributed by atoms with Crippen LogP contribution in [0.3, 0.4) is 0 Å². The van der Waals surface area contributed by atoms with Gasteiger partial charge in [-0.2, -0.15) is 0 Å². The van der Waals surface area contributed by atoms with Gasteiger partial charge in [-0.15, -0.1) is 0 Å². The number of hydrogen-bond donors (Lipinski definition) is 2. The third kappa shape index (κ3) is 3.19. The second kappa shape index (κ2) is 5.95. The number of para-hydroxylation sites is 1. The van der Waals surface area contributed by atoms with Crippen LogP contribution >= 0.6 is 0 Å². The first-order chi connectivity index (χ1) is 9.09. The average molecular weight is 261 g/mol. The van der Waals surface area contributed by atoms with Gasteiger partial charge in [-0.25, -0.2) is 0 Å². The minimum atomic E-state index is -0.0481. The van der Waals surface area contributed by atoms with Crippen molar-refractivity contribution in [2.75, 3.05) is 24.7 Å². The minimum absolute atomic E-state index is 0.0481. The van der Waals surface area contributed by atoms with Crippen molar-refractivity contribution in [1.29, 1.82) is 0 Å². The summed E-state index contributed by atoms with van der Waals surface area (Å²) in [6, 6.07) is 5.90. The SMILES string of the molecule is CN(C)c1cccc(C(=O)NC2CCCCC2)c1N. The minimum Gasteiger partial charge on any atom is -0.396 e. The van der Waals surface area contributed by atoms with Gasteiger partial charge in [-0.1, -0.05) is 25.3 Å². The zero-order valence-electron chi connectivity index (χ0n) is 11.8. The van der Waals surface area contributed by atoms with Crippen LogP contribution in [0.2, 0.25) is 0 Å². The van der Waals surface area contributed by atoms with E-state index in [1.54, 1.807) is 6.07 Å². The lowest BCUT2D eigenvalue weighted by Crippen LogP contribution is -2.36. The van der Waals surface area contributed by atoms with E-state index in [-0.39, 0.29) is 5.91 Å². The summed E-state index contributed by atoms with van der Waals surface area (Å²) < 4.78 is 0. The van der Waals surface area contributed by atoms with Gasteiger partial charge in [0.1, 0.15) is 0 Å². The molecule has 1 aliphatic rings. The van der Waals surface area contributed by atoms with Gasteiger partial charge < -0.3 is 16.0 Å². The van der Waals surface area contributed by atoms with Gasteiger partial charge >= 0.3 is 0 Å². The van der Waals surface area contributed by atoms with Crippen molar-refractivity contribution in [3.63, 3.8) is 0 Å². The number of carbonyl (C=O) groups is 1. The molecular weight excluding hydrogens is 238 g/mol. The van der Waals surface area contributed by atoms with Crippen LogP contribution in [0, 0.1) is 0 Å². The van der Waals surface area contributed by atoms with E-state index in [2.05, 4.69) is 5.32 Å². The molecule has 1 saturated carbocycles. The molecule has 1 amide bonds. The largest absolute Gasteiger partial charge is 0.396 e. The van der Waals surface area contributed by atoms with Crippen LogP contribution < -0.4 is 16.0 Å². The van der Waals surface area contributed by atoms with Crippen LogP contribution in [0.15, 0.2) is 18.2 Å². The Hall–Kier alpha value is -1.71. The second-order valence-corrected chi connectivity index (χ2v) is 5.44. The summed E-state index contributed by atoms with van der Waals surface area (Å²) >= 11 is 0. The molecule has 0 spiro atoms. The van der Waals surface area contributed by atoms with Crippen molar-refractivity contribution in [1.82, 2.24) is 5.32 Å². The normalized spacial score (nSPS) is 16.1. The molecule has 0 bridgehead atoms. The Morgan fingerprint density at radius 2 is 1.95 bits per heavy atom. The number of amides is 1. The number of nitrogen functional groups attached to an aromatic ring is 1. The van der Waals surface area contributed by atoms with Crippen molar-refractivity contribution < 1.29 is 4.79 Å². The van der Waals surface area contributed by atoms with Gasteiger partial charge in [0, 0.05) is 20.1 Å². The number of hydrogen-bond acceptors (Lipinski definition) is 3. The van der Waals surface area contributed by atoms with E-state index in [1.165, 1.54) is 19.3 Å². The van der Waals surface area contributed by atoms with Gasteiger partial charge in [0.2, 0.25) is 0 Å². The van der Waals surface area contributed by atoms with E-state index in [1.807, 2.05) is 31.1 Å². The summed E-state index contributed by atoms with van der Waals surface area (Å²) in [6.45, 7) is 0. The molecule has 1 aromatic rings.